The number of hydrogen-bond acceptors (Lipinski definition) is 6. The molecule has 140 valence electrons. The molecule has 27 heavy (non-hydrogen) atoms. The van der Waals surface area contributed by atoms with Crippen molar-refractivity contribution in [3.8, 4) is 17.2 Å². The summed E-state index contributed by atoms with van der Waals surface area (Å²) in [6.07, 6.45) is 1.62. The van der Waals surface area contributed by atoms with Gasteiger partial charge in [0.2, 0.25) is 5.75 Å². The number of halogens is 1. The molecule has 0 unspecified atom stereocenters. The maximum Gasteiger partial charge on any atom is 0.298 e. The maximum atomic E-state index is 12.7. The number of methoxy groups -OCH3 is 3. The molecule has 6 nitrogen and oxygen atoms in total. The van der Waals surface area contributed by atoms with Crippen molar-refractivity contribution in [3.05, 3.63) is 51.9 Å². The van der Waals surface area contributed by atoms with Crippen LogP contribution in [0, 0.1) is 0 Å². The standard InChI is InChI=1S/C19H16ClNO5S/c1-24-14-8-11(9-15(25-2)17(14)26-3)10-16-18(22)21(19(23)27-16)13-6-4-12(20)5-7-13/h4-10H,1-3H3/b16-10+. The number of carbonyl (C=O) groups is 2. The van der Waals surface area contributed by atoms with Gasteiger partial charge in [-0.2, -0.15) is 0 Å². The van der Waals surface area contributed by atoms with Crippen molar-refractivity contribution in [2.24, 2.45) is 0 Å². The fourth-order valence-corrected chi connectivity index (χ4v) is 3.58. The van der Waals surface area contributed by atoms with Gasteiger partial charge in [0.1, 0.15) is 0 Å². The molecule has 8 heteroatoms. The number of benzene rings is 2. The molecule has 0 spiro atoms. The highest BCUT2D eigenvalue weighted by atomic mass is 35.5. The van der Waals surface area contributed by atoms with Gasteiger partial charge in [0.15, 0.2) is 11.5 Å². The number of nitrogens with zero attached hydrogens (tertiary/aromatic N) is 1. The van der Waals surface area contributed by atoms with Crippen LogP contribution in [0.15, 0.2) is 41.3 Å². The molecule has 3 rings (SSSR count). The van der Waals surface area contributed by atoms with Gasteiger partial charge in [-0.05, 0) is 59.8 Å². The molecule has 1 aliphatic rings. The van der Waals surface area contributed by atoms with Crippen LogP contribution in [0.25, 0.3) is 6.08 Å². The van der Waals surface area contributed by atoms with E-state index in [1.54, 1.807) is 42.5 Å². The van der Waals surface area contributed by atoms with Gasteiger partial charge in [0.05, 0.1) is 31.9 Å². The van der Waals surface area contributed by atoms with Crippen LogP contribution in [0.4, 0.5) is 10.5 Å². The van der Waals surface area contributed by atoms with E-state index in [1.165, 1.54) is 21.3 Å². The first-order valence-corrected chi connectivity index (χ1v) is 9.01. The summed E-state index contributed by atoms with van der Waals surface area (Å²) < 4.78 is 15.9. The molecule has 1 saturated heterocycles. The summed E-state index contributed by atoms with van der Waals surface area (Å²) in [4.78, 5) is 26.5. The molecule has 0 bridgehead atoms. The molecule has 2 aromatic rings. The monoisotopic (exact) mass is 405 g/mol. The number of carbonyl (C=O) groups excluding carboxylic acids is 2. The SMILES string of the molecule is COc1cc(/C=C2/SC(=O)N(c3ccc(Cl)cc3)C2=O)cc(OC)c1OC. The van der Waals surface area contributed by atoms with Crippen LogP contribution in [0.2, 0.25) is 5.02 Å². The van der Waals surface area contributed by atoms with Gasteiger partial charge >= 0.3 is 0 Å². The van der Waals surface area contributed by atoms with E-state index in [1.807, 2.05) is 0 Å². The van der Waals surface area contributed by atoms with Gasteiger partial charge in [-0.25, -0.2) is 4.90 Å². The second-order valence-corrected chi connectivity index (χ2v) is 6.88. The van der Waals surface area contributed by atoms with Crippen molar-refractivity contribution in [3.63, 3.8) is 0 Å². The fraction of sp³-hybridized carbons (Fsp3) is 0.158. The molecule has 0 aromatic heterocycles. The predicted octanol–water partition coefficient (Wildman–Crippen LogP) is 4.61. The lowest BCUT2D eigenvalue weighted by Gasteiger charge is -2.13. The number of ether oxygens (including phenoxy) is 3. The predicted molar refractivity (Wildman–Crippen MR) is 106 cm³/mol. The van der Waals surface area contributed by atoms with Gasteiger partial charge in [0, 0.05) is 5.02 Å². The summed E-state index contributed by atoms with van der Waals surface area (Å²) in [6.45, 7) is 0. The number of thioether (sulfide) groups is 1. The molecule has 2 aromatic carbocycles. The smallest absolute Gasteiger partial charge is 0.298 e. The minimum Gasteiger partial charge on any atom is -0.493 e. The minimum absolute atomic E-state index is 0.296. The fourth-order valence-electron chi connectivity index (χ4n) is 2.62. The van der Waals surface area contributed by atoms with Crippen LogP contribution in [0.3, 0.4) is 0 Å². The van der Waals surface area contributed by atoms with Gasteiger partial charge in [-0.15, -0.1) is 0 Å². The summed E-state index contributed by atoms with van der Waals surface area (Å²) in [5.41, 5.74) is 1.11. The third kappa shape index (κ3) is 3.74. The Hall–Kier alpha value is -2.64. The van der Waals surface area contributed by atoms with Gasteiger partial charge in [-0.1, -0.05) is 11.6 Å². The molecule has 2 amide bonds. The van der Waals surface area contributed by atoms with Crippen molar-refractivity contribution >= 4 is 46.3 Å². The van der Waals surface area contributed by atoms with Gasteiger partial charge < -0.3 is 14.2 Å². The Morgan fingerprint density at radius 2 is 1.56 bits per heavy atom. The van der Waals surface area contributed by atoms with Crippen LogP contribution in [0.5, 0.6) is 17.2 Å². The zero-order valence-corrected chi connectivity index (χ0v) is 16.4. The van der Waals surface area contributed by atoms with Crippen molar-refractivity contribution in [1.82, 2.24) is 0 Å². The van der Waals surface area contributed by atoms with Crippen LogP contribution < -0.4 is 19.1 Å². The topological polar surface area (TPSA) is 65.1 Å². The van der Waals surface area contributed by atoms with Gasteiger partial charge in [0.25, 0.3) is 11.1 Å². The van der Waals surface area contributed by atoms with Crippen LogP contribution in [-0.4, -0.2) is 32.5 Å². The van der Waals surface area contributed by atoms with E-state index >= 15 is 0 Å². The first-order chi connectivity index (χ1) is 13.0. The van der Waals surface area contributed by atoms with E-state index in [9.17, 15) is 9.59 Å². The van der Waals surface area contributed by atoms with E-state index in [0.717, 1.165) is 16.7 Å². The zero-order valence-electron chi connectivity index (χ0n) is 14.8. The van der Waals surface area contributed by atoms with Crippen molar-refractivity contribution < 1.29 is 23.8 Å². The highest BCUT2D eigenvalue weighted by Crippen LogP contribution is 2.41. The summed E-state index contributed by atoms with van der Waals surface area (Å²) in [5.74, 6) is 0.965. The van der Waals surface area contributed by atoms with Gasteiger partial charge in [-0.3, -0.25) is 9.59 Å². The van der Waals surface area contributed by atoms with Crippen molar-refractivity contribution in [2.75, 3.05) is 26.2 Å². The first-order valence-electron chi connectivity index (χ1n) is 7.82. The molecule has 0 aliphatic carbocycles. The largest absolute Gasteiger partial charge is 0.493 e. The molecule has 0 radical (unpaired) electrons. The second kappa shape index (κ2) is 7.94. The minimum atomic E-state index is -0.402. The summed E-state index contributed by atoms with van der Waals surface area (Å²) in [7, 11) is 4.53. The number of hydrogen-bond donors (Lipinski definition) is 0. The molecule has 0 atom stereocenters. The first kappa shape index (κ1) is 19.1. The Kier molecular flexibility index (Phi) is 5.62. The van der Waals surface area contributed by atoms with E-state index in [4.69, 9.17) is 25.8 Å². The maximum absolute atomic E-state index is 12.7. The Labute approximate surface area is 165 Å². The molecule has 1 aliphatic heterocycles. The average molecular weight is 406 g/mol. The number of anilines is 1. The summed E-state index contributed by atoms with van der Waals surface area (Å²) >= 11 is 6.74. The van der Waals surface area contributed by atoms with Crippen LogP contribution in [0.1, 0.15) is 5.56 Å². The van der Waals surface area contributed by atoms with E-state index in [2.05, 4.69) is 0 Å². The molecule has 0 saturated carbocycles. The Morgan fingerprint density at radius 3 is 2.07 bits per heavy atom. The molecule has 0 N–H and O–H groups in total. The summed E-state index contributed by atoms with van der Waals surface area (Å²) in [6, 6.07) is 9.92. The molecule has 1 fully saturated rings. The third-order valence-corrected chi connectivity index (χ3v) is 4.98. The highest BCUT2D eigenvalue weighted by Gasteiger charge is 2.36. The molecular weight excluding hydrogens is 390 g/mol. The highest BCUT2D eigenvalue weighted by molar-refractivity contribution is 8.19. The molecular formula is C19H16ClNO5S. The zero-order chi connectivity index (χ0) is 19.6. The van der Waals surface area contributed by atoms with Crippen molar-refractivity contribution in [2.45, 2.75) is 0 Å². The number of rotatable bonds is 5. The lowest BCUT2D eigenvalue weighted by atomic mass is 10.1. The lowest BCUT2D eigenvalue weighted by molar-refractivity contribution is -0.113. The van der Waals surface area contributed by atoms with E-state index in [-0.39, 0.29) is 5.24 Å². The second-order valence-electron chi connectivity index (χ2n) is 5.45. The average Bonchev–Trinajstić information content (AvgIpc) is 2.95. The Bertz CT molecular complexity index is 901. The van der Waals surface area contributed by atoms with Crippen LogP contribution >= 0.6 is 23.4 Å². The summed E-state index contributed by atoms with van der Waals surface area (Å²) in [5, 5.41) is 0.153. The third-order valence-electron chi connectivity index (χ3n) is 3.86. The molecule has 1 heterocycles. The van der Waals surface area contributed by atoms with Crippen LogP contribution in [-0.2, 0) is 4.79 Å². The quantitative estimate of drug-likeness (QED) is 0.677. The van der Waals surface area contributed by atoms with E-state index < -0.39 is 5.91 Å². The van der Waals surface area contributed by atoms with Crippen molar-refractivity contribution in [1.29, 1.82) is 0 Å². The lowest BCUT2D eigenvalue weighted by Crippen LogP contribution is -2.27. The Morgan fingerprint density at radius 1 is 0.963 bits per heavy atom. The normalized spacial score (nSPS) is 15.4. The van der Waals surface area contributed by atoms with E-state index in [0.29, 0.717) is 38.4 Å². The Balaban J connectivity index is 1.97. The number of amides is 2. The number of imide groups is 1.